The Kier molecular flexibility index (Phi) is 10.8. The van der Waals surface area contributed by atoms with E-state index in [0.717, 1.165) is 25.7 Å². The van der Waals surface area contributed by atoms with E-state index in [0.29, 0.717) is 11.5 Å². The molecule has 11 nitrogen and oxygen atoms in total. The lowest BCUT2D eigenvalue weighted by molar-refractivity contribution is -0.156. The summed E-state index contributed by atoms with van der Waals surface area (Å²) in [6.45, 7) is 4.09. The average molecular weight is 545 g/mol. The number of hydrogen-bond acceptors (Lipinski definition) is 10. The number of aromatic nitrogens is 1. The van der Waals surface area contributed by atoms with Crippen molar-refractivity contribution in [2.24, 2.45) is 5.92 Å². The smallest absolute Gasteiger partial charge is 0.328 e. The predicted octanol–water partition coefficient (Wildman–Crippen LogP) is 3.69. The molecule has 3 rings (SSSR count). The highest BCUT2D eigenvalue weighted by Gasteiger charge is 2.34. The van der Waals surface area contributed by atoms with Gasteiger partial charge in [-0.05, 0) is 44.7 Å². The van der Waals surface area contributed by atoms with E-state index >= 15 is 0 Å². The fraction of sp³-hybridized carbons (Fsp3) is 0.500. The van der Waals surface area contributed by atoms with Crippen LogP contribution >= 0.6 is 0 Å². The number of nitrogens with one attached hydrogen (secondary N) is 1. The molecule has 2 aromatic rings. The first-order chi connectivity index (χ1) is 18.7. The Labute approximate surface area is 228 Å². The standard InChI is InChI=1S/C28H36N2O9/c1-17(30-27(32)24-26(37-16-36-19(3)31)23(35-5)13-14-29-24)28(33)38-18(2)25(20-9-6-7-10-20)39-22-12-8-11-21(15-22)34-4/h8,11-15,17-18,20,25H,6-7,9-10,16H2,1-5H3,(H,30,32)/t17-,18-,25-/m0/s1. The van der Waals surface area contributed by atoms with Crippen LogP contribution in [0.5, 0.6) is 23.0 Å². The zero-order valence-corrected chi connectivity index (χ0v) is 22.9. The molecule has 1 aliphatic rings. The van der Waals surface area contributed by atoms with Crippen molar-refractivity contribution < 1.29 is 42.8 Å². The van der Waals surface area contributed by atoms with Gasteiger partial charge in [-0.25, -0.2) is 9.78 Å². The van der Waals surface area contributed by atoms with Gasteiger partial charge in [0.1, 0.15) is 29.7 Å². The Morgan fingerprint density at radius 3 is 2.44 bits per heavy atom. The van der Waals surface area contributed by atoms with Gasteiger partial charge in [-0.2, -0.15) is 0 Å². The first-order valence-corrected chi connectivity index (χ1v) is 12.8. The third-order valence-electron chi connectivity index (χ3n) is 6.41. The van der Waals surface area contributed by atoms with E-state index in [-0.39, 0.29) is 29.2 Å². The van der Waals surface area contributed by atoms with Crippen LogP contribution in [0.3, 0.4) is 0 Å². The van der Waals surface area contributed by atoms with Gasteiger partial charge >= 0.3 is 11.9 Å². The van der Waals surface area contributed by atoms with Crippen molar-refractivity contribution in [1.29, 1.82) is 0 Å². The van der Waals surface area contributed by atoms with Crippen molar-refractivity contribution in [2.75, 3.05) is 21.0 Å². The number of amides is 1. The zero-order valence-electron chi connectivity index (χ0n) is 22.9. The summed E-state index contributed by atoms with van der Waals surface area (Å²) in [6.07, 6.45) is 4.54. The second-order valence-electron chi connectivity index (χ2n) is 9.23. The van der Waals surface area contributed by atoms with E-state index in [4.69, 9.17) is 28.4 Å². The number of nitrogens with zero attached hydrogens (tertiary/aromatic N) is 1. The summed E-state index contributed by atoms with van der Waals surface area (Å²) in [6, 6.07) is 7.78. The minimum atomic E-state index is -1.00. The lowest BCUT2D eigenvalue weighted by Gasteiger charge is -2.30. The molecule has 212 valence electrons. The quantitative estimate of drug-likeness (QED) is 0.294. The molecule has 1 heterocycles. The lowest BCUT2D eigenvalue weighted by Crippen LogP contribution is -2.45. The summed E-state index contributed by atoms with van der Waals surface area (Å²) in [4.78, 5) is 41.2. The second kappa shape index (κ2) is 14.2. The minimum Gasteiger partial charge on any atom is -0.497 e. The molecule has 0 saturated heterocycles. The van der Waals surface area contributed by atoms with Crippen LogP contribution < -0.4 is 24.3 Å². The maximum absolute atomic E-state index is 13.0. The summed E-state index contributed by atoms with van der Waals surface area (Å²) in [5.74, 6) is -0.174. The fourth-order valence-electron chi connectivity index (χ4n) is 4.43. The molecule has 39 heavy (non-hydrogen) atoms. The van der Waals surface area contributed by atoms with Gasteiger partial charge in [-0.1, -0.05) is 18.9 Å². The highest BCUT2D eigenvalue weighted by molar-refractivity contribution is 5.98. The molecular weight excluding hydrogens is 508 g/mol. The summed E-state index contributed by atoms with van der Waals surface area (Å²) in [5.41, 5.74) is -0.139. The molecule has 0 aliphatic heterocycles. The van der Waals surface area contributed by atoms with Gasteiger partial charge in [-0.3, -0.25) is 9.59 Å². The first-order valence-electron chi connectivity index (χ1n) is 12.8. The van der Waals surface area contributed by atoms with Crippen LogP contribution in [0, 0.1) is 5.92 Å². The average Bonchev–Trinajstić information content (AvgIpc) is 3.46. The highest BCUT2D eigenvalue weighted by Crippen LogP contribution is 2.33. The summed E-state index contributed by atoms with van der Waals surface area (Å²) < 4.78 is 32.8. The van der Waals surface area contributed by atoms with E-state index in [2.05, 4.69) is 10.3 Å². The van der Waals surface area contributed by atoms with Crippen molar-refractivity contribution in [3.8, 4) is 23.0 Å². The first kappa shape index (κ1) is 29.5. The molecule has 1 amide bonds. The van der Waals surface area contributed by atoms with Crippen molar-refractivity contribution in [1.82, 2.24) is 10.3 Å². The third kappa shape index (κ3) is 8.23. The molecule has 11 heteroatoms. The summed E-state index contributed by atoms with van der Waals surface area (Å²) in [7, 11) is 2.98. The van der Waals surface area contributed by atoms with E-state index < -0.39 is 36.8 Å². The third-order valence-corrected chi connectivity index (χ3v) is 6.41. The number of hydrogen-bond donors (Lipinski definition) is 1. The summed E-state index contributed by atoms with van der Waals surface area (Å²) >= 11 is 0. The van der Waals surface area contributed by atoms with Crippen LogP contribution in [0.2, 0.25) is 0 Å². The predicted molar refractivity (Wildman–Crippen MR) is 140 cm³/mol. The van der Waals surface area contributed by atoms with E-state index in [1.807, 2.05) is 18.2 Å². The number of carbonyl (C=O) groups is 3. The SMILES string of the molecule is COc1cccc(O[C@H](C2CCCC2)[C@H](C)OC(=O)[C@H](C)NC(=O)c2nccc(OC)c2OCOC(C)=O)c1. The van der Waals surface area contributed by atoms with Crippen LogP contribution in [0.1, 0.15) is 56.9 Å². The summed E-state index contributed by atoms with van der Waals surface area (Å²) in [5, 5.41) is 2.59. The second-order valence-corrected chi connectivity index (χ2v) is 9.23. The number of methoxy groups -OCH3 is 2. The van der Waals surface area contributed by atoms with Crippen molar-refractivity contribution in [3.05, 3.63) is 42.2 Å². The molecule has 3 atom stereocenters. The minimum absolute atomic E-state index is 0.0272. The van der Waals surface area contributed by atoms with Gasteiger partial charge in [0.15, 0.2) is 17.2 Å². The maximum atomic E-state index is 13.0. The fourth-order valence-corrected chi connectivity index (χ4v) is 4.43. The Hall–Kier alpha value is -4.02. The molecule has 0 unspecified atom stereocenters. The van der Waals surface area contributed by atoms with E-state index in [1.165, 1.54) is 33.2 Å². The molecule has 1 saturated carbocycles. The number of ether oxygens (including phenoxy) is 6. The normalized spacial score (nSPS) is 15.4. The largest absolute Gasteiger partial charge is 0.497 e. The number of benzene rings is 1. The van der Waals surface area contributed by atoms with Crippen LogP contribution in [-0.4, -0.2) is 62.1 Å². The van der Waals surface area contributed by atoms with Crippen molar-refractivity contribution in [3.63, 3.8) is 0 Å². The molecule has 1 N–H and O–H groups in total. The molecule has 1 fully saturated rings. The number of carbonyl (C=O) groups excluding carboxylic acids is 3. The van der Waals surface area contributed by atoms with Crippen LogP contribution in [0.15, 0.2) is 36.5 Å². The molecule has 1 aromatic heterocycles. The van der Waals surface area contributed by atoms with Crippen LogP contribution in [0.4, 0.5) is 0 Å². The topological polar surface area (TPSA) is 132 Å². The van der Waals surface area contributed by atoms with Gasteiger partial charge in [0.2, 0.25) is 6.79 Å². The Balaban J connectivity index is 1.67. The van der Waals surface area contributed by atoms with Gasteiger partial charge < -0.3 is 33.7 Å². The monoisotopic (exact) mass is 544 g/mol. The lowest BCUT2D eigenvalue weighted by atomic mass is 9.96. The van der Waals surface area contributed by atoms with E-state index in [1.54, 1.807) is 20.1 Å². The van der Waals surface area contributed by atoms with Gasteiger partial charge in [0, 0.05) is 25.3 Å². The molecule has 1 aromatic carbocycles. The van der Waals surface area contributed by atoms with Gasteiger partial charge in [0.25, 0.3) is 5.91 Å². The van der Waals surface area contributed by atoms with Crippen LogP contribution in [0.25, 0.3) is 0 Å². The van der Waals surface area contributed by atoms with Gasteiger partial charge in [-0.15, -0.1) is 0 Å². The molecule has 0 bridgehead atoms. The molecular formula is C28H36N2O9. The highest BCUT2D eigenvalue weighted by atomic mass is 16.7. The van der Waals surface area contributed by atoms with Crippen LogP contribution in [-0.2, 0) is 19.1 Å². The van der Waals surface area contributed by atoms with Crippen molar-refractivity contribution in [2.45, 2.75) is 64.7 Å². The maximum Gasteiger partial charge on any atom is 0.328 e. The zero-order chi connectivity index (χ0) is 28.4. The van der Waals surface area contributed by atoms with Gasteiger partial charge in [0.05, 0.1) is 14.2 Å². The number of rotatable bonds is 13. The Bertz CT molecular complexity index is 1130. The molecule has 0 spiro atoms. The molecule has 1 aliphatic carbocycles. The van der Waals surface area contributed by atoms with Crippen molar-refractivity contribution >= 4 is 17.8 Å². The Morgan fingerprint density at radius 2 is 1.77 bits per heavy atom. The number of pyridine rings is 1. The Morgan fingerprint density at radius 1 is 1.05 bits per heavy atom. The van der Waals surface area contributed by atoms with E-state index in [9.17, 15) is 14.4 Å². The number of esters is 2. The molecule has 0 radical (unpaired) electrons.